The Hall–Kier alpha value is -2.69. The molecule has 1 amide bonds. The van der Waals surface area contributed by atoms with Gasteiger partial charge in [-0.3, -0.25) is 9.36 Å². The van der Waals surface area contributed by atoms with Crippen LogP contribution in [0.5, 0.6) is 0 Å². The number of nitrogens with two attached hydrogens (primary N) is 1. The zero-order valence-corrected chi connectivity index (χ0v) is 10.4. The van der Waals surface area contributed by atoms with E-state index in [1.54, 1.807) is 18.5 Å². The highest BCUT2D eigenvalue weighted by atomic mass is 16.1. The quantitative estimate of drug-likeness (QED) is 0.756. The summed E-state index contributed by atoms with van der Waals surface area (Å²) < 4.78 is 1.84. The first kappa shape index (κ1) is 11.4. The third kappa shape index (κ3) is 1.67. The number of primary amides is 1. The van der Waals surface area contributed by atoms with Crippen molar-refractivity contribution >= 4 is 16.8 Å². The monoisotopic (exact) mass is 252 g/mol. The van der Waals surface area contributed by atoms with Crippen LogP contribution >= 0.6 is 0 Å². The first-order chi connectivity index (χ1) is 9.20. The van der Waals surface area contributed by atoms with Gasteiger partial charge in [0.05, 0.1) is 11.1 Å². The molecule has 0 saturated heterocycles. The van der Waals surface area contributed by atoms with Crippen molar-refractivity contribution < 1.29 is 4.79 Å². The largest absolute Gasteiger partial charge is 0.366 e. The summed E-state index contributed by atoms with van der Waals surface area (Å²) in [6, 6.07) is 9.34. The second-order valence-corrected chi connectivity index (χ2v) is 4.23. The molecule has 2 N–H and O–H groups in total. The van der Waals surface area contributed by atoms with Gasteiger partial charge in [0.25, 0.3) is 5.91 Å². The molecule has 5 nitrogen and oxygen atoms in total. The molecule has 1 aromatic carbocycles. The van der Waals surface area contributed by atoms with E-state index in [2.05, 4.69) is 9.97 Å². The second kappa shape index (κ2) is 4.20. The van der Waals surface area contributed by atoms with Crippen molar-refractivity contribution in [3.63, 3.8) is 0 Å². The van der Waals surface area contributed by atoms with Crippen molar-refractivity contribution in [2.24, 2.45) is 5.73 Å². The van der Waals surface area contributed by atoms with Crippen LogP contribution in [0.3, 0.4) is 0 Å². The van der Waals surface area contributed by atoms with E-state index >= 15 is 0 Å². The molecule has 0 unspecified atom stereocenters. The summed E-state index contributed by atoms with van der Waals surface area (Å²) in [4.78, 5) is 20.1. The highest BCUT2D eigenvalue weighted by Crippen LogP contribution is 2.27. The van der Waals surface area contributed by atoms with Gasteiger partial charge in [-0.15, -0.1) is 0 Å². The van der Waals surface area contributed by atoms with Gasteiger partial charge in [-0.1, -0.05) is 18.2 Å². The molecule has 2 aromatic heterocycles. The lowest BCUT2D eigenvalue weighted by Gasteiger charge is -2.05. The molecule has 2 heterocycles. The van der Waals surface area contributed by atoms with Crippen LogP contribution in [0.2, 0.25) is 0 Å². The molecule has 0 saturated carbocycles. The van der Waals surface area contributed by atoms with E-state index in [-0.39, 0.29) is 0 Å². The SMILES string of the molecule is Cc1c(C(N)=O)c2ccccc2n1-c1ncccn1. The number of rotatable bonds is 2. The van der Waals surface area contributed by atoms with E-state index in [1.807, 2.05) is 35.8 Å². The van der Waals surface area contributed by atoms with Crippen molar-refractivity contribution in [1.29, 1.82) is 0 Å². The molecular weight excluding hydrogens is 240 g/mol. The maximum absolute atomic E-state index is 11.6. The Morgan fingerprint density at radius 3 is 2.53 bits per heavy atom. The van der Waals surface area contributed by atoms with Crippen LogP contribution in [-0.4, -0.2) is 20.4 Å². The number of amides is 1. The van der Waals surface area contributed by atoms with Gasteiger partial charge in [0.1, 0.15) is 0 Å². The molecule has 3 rings (SSSR count). The Kier molecular flexibility index (Phi) is 2.52. The first-order valence-corrected chi connectivity index (χ1v) is 5.87. The van der Waals surface area contributed by atoms with Gasteiger partial charge in [-0.05, 0) is 19.1 Å². The number of nitrogens with zero attached hydrogens (tertiary/aromatic N) is 3. The summed E-state index contributed by atoms with van der Waals surface area (Å²) in [5.74, 6) is 0.0899. The molecule has 0 spiro atoms. The van der Waals surface area contributed by atoms with E-state index in [9.17, 15) is 4.79 Å². The van der Waals surface area contributed by atoms with E-state index in [4.69, 9.17) is 5.73 Å². The molecule has 0 aliphatic heterocycles. The zero-order chi connectivity index (χ0) is 13.4. The number of aromatic nitrogens is 3. The minimum absolute atomic E-state index is 0.441. The summed E-state index contributed by atoms with van der Waals surface area (Å²) in [5, 5.41) is 0.819. The lowest BCUT2D eigenvalue weighted by atomic mass is 10.1. The van der Waals surface area contributed by atoms with E-state index in [0.717, 1.165) is 16.6 Å². The zero-order valence-electron chi connectivity index (χ0n) is 10.4. The molecule has 3 aromatic rings. The molecule has 5 heteroatoms. The normalized spacial score (nSPS) is 10.8. The molecule has 19 heavy (non-hydrogen) atoms. The Morgan fingerprint density at radius 1 is 1.16 bits per heavy atom. The minimum atomic E-state index is -0.441. The van der Waals surface area contributed by atoms with Gasteiger partial charge in [0.2, 0.25) is 5.95 Å². The Bertz CT molecular complexity index is 762. The average Bonchev–Trinajstić information content (AvgIpc) is 2.71. The van der Waals surface area contributed by atoms with Gasteiger partial charge >= 0.3 is 0 Å². The Labute approximate surface area is 109 Å². The van der Waals surface area contributed by atoms with Crippen LogP contribution in [0.25, 0.3) is 16.9 Å². The highest BCUT2D eigenvalue weighted by Gasteiger charge is 2.19. The van der Waals surface area contributed by atoms with E-state index in [0.29, 0.717) is 11.5 Å². The second-order valence-electron chi connectivity index (χ2n) is 4.23. The lowest BCUT2D eigenvalue weighted by Crippen LogP contribution is -2.13. The fraction of sp³-hybridized carbons (Fsp3) is 0.0714. The molecule has 0 radical (unpaired) electrons. The van der Waals surface area contributed by atoms with Gasteiger partial charge in [0.15, 0.2) is 0 Å². The van der Waals surface area contributed by atoms with Crippen molar-refractivity contribution in [3.8, 4) is 5.95 Å². The fourth-order valence-corrected chi connectivity index (χ4v) is 2.34. The van der Waals surface area contributed by atoms with Crippen LogP contribution in [0.4, 0.5) is 0 Å². The van der Waals surface area contributed by atoms with Crippen molar-refractivity contribution in [2.45, 2.75) is 6.92 Å². The summed E-state index contributed by atoms with van der Waals surface area (Å²) >= 11 is 0. The molecule has 0 fully saturated rings. The minimum Gasteiger partial charge on any atom is -0.366 e. The molecule has 0 bridgehead atoms. The molecule has 94 valence electrons. The maximum atomic E-state index is 11.6. The Balaban J connectivity index is 2.43. The number of para-hydroxylation sites is 1. The first-order valence-electron chi connectivity index (χ1n) is 5.87. The number of benzene rings is 1. The number of hydrogen-bond donors (Lipinski definition) is 1. The van der Waals surface area contributed by atoms with Crippen LogP contribution in [0, 0.1) is 6.92 Å². The molecule has 0 aliphatic carbocycles. The van der Waals surface area contributed by atoms with Crippen LogP contribution in [0.15, 0.2) is 42.7 Å². The summed E-state index contributed by atoms with van der Waals surface area (Å²) in [6.45, 7) is 1.84. The number of fused-ring (bicyclic) bond motifs is 1. The van der Waals surface area contributed by atoms with Gasteiger partial charge < -0.3 is 5.73 Å². The van der Waals surface area contributed by atoms with E-state index < -0.39 is 5.91 Å². The smallest absolute Gasteiger partial charge is 0.251 e. The van der Waals surface area contributed by atoms with Crippen LogP contribution in [0.1, 0.15) is 16.1 Å². The molecular formula is C14H12N4O. The van der Waals surface area contributed by atoms with Crippen LogP contribution < -0.4 is 5.73 Å². The van der Waals surface area contributed by atoms with Gasteiger partial charge in [-0.2, -0.15) is 0 Å². The van der Waals surface area contributed by atoms with Crippen molar-refractivity contribution in [1.82, 2.24) is 14.5 Å². The third-order valence-electron chi connectivity index (χ3n) is 3.11. The Morgan fingerprint density at radius 2 is 1.84 bits per heavy atom. The predicted octanol–water partition coefficient (Wildman–Crippen LogP) is 1.83. The topological polar surface area (TPSA) is 73.8 Å². The number of carbonyl (C=O) groups is 1. The highest BCUT2D eigenvalue weighted by molar-refractivity contribution is 6.08. The fourth-order valence-electron chi connectivity index (χ4n) is 2.34. The lowest BCUT2D eigenvalue weighted by molar-refractivity contribution is 0.100. The summed E-state index contributed by atoms with van der Waals surface area (Å²) in [7, 11) is 0. The summed E-state index contributed by atoms with van der Waals surface area (Å²) in [5.41, 5.74) is 7.62. The van der Waals surface area contributed by atoms with Crippen LogP contribution in [-0.2, 0) is 0 Å². The summed E-state index contributed by atoms with van der Waals surface area (Å²) in [6.07, 6.45) is 3.33. The molecule has 0 atom stereocenters. The van der Waals surface area contributed by atoms with Crippen molar-refractivity contribution in [3.05, 3.63) is 54.0 Å². The van der Waals surface area contributed by atoms with E-state index in [1.165, 1.54) is 0 Å². The van der Waals surface area contributed by atoms with Gasteiger partial charge in [0, 0.05) is 23.5 Å². The van der Waals surface area contributed by atoms with Crippen molar-refractivity contribution in [2.75, 3.05) is 0 Å². The standard InChI is InChI=1S/C14H12N4O/c1-9-12(13(15)19)10-5-2-3-6-11(10)18(9)14-16-7-4-8-17-14/h2-8H,1H3,(H2,15,19). The average molecular weight is 252 g/mol. The molecule has 0 aliphatic rings. The van der Waals surface area contributed by atoms with Gasteiger partial charge in [-0.25, -0.2) is 9.97 Å². The maximum Gasteiger partial charge on any atom is 0.251 e. The predicted molar refractivity (Wildman–Crippen MR) is 72.1 cm³/mol. The number of carbonyl (C=O) groups excluding carboxylic acids is 1. The number of hydrogen-bond acceptors (Lipinski definition) is 3. The third-order valence-corrected chi connectivity index (χ3v) is 3.11.